The van der Waals surface area contributed by atoms with Crippen LogP contribution in [0.15, 0.2) is 23.8 Å². The lowest BCUT2D eigenvalue weighted by Gasteiger charge is -2.18. The van der Waals surface area contributed by atoms with Gasteiger partial charge >= 0.3 is 0 Å². The third kappa shape index (κ3) is 2.49. The van der Waals surface area contributed by atoms with Crippen LogP contribution < -0.4 is 5.56 Å². The summed E-state index contributed by atoms with van der Waals surface area (Å²) >= 11 is 1.69. The van der Waals surface area contributed by atoms with Gasteiger partial charge in [-0.3, -0.25) is 14.0 Å². The number of aromatic nitrogens is 5. The van der Waals surface area contributed by atoms with Crippen LogP contribution in [-0.2, 0) is 19.4 Å². The molecule has 0 unspecified atom stereocenters. The van der Waals surface area contributed by atoms with Crippen molar-refractivity contribution in [2.45, 2.75) is 45.7 Å². The number of hydrogen-bond acceptors (Lipinski definition) is 5. The molecule has 3 aromatic rings. The first kappa shape index (κ1) is 14.6. The fraction of sp³-hybridized carbons (Fsp3) is 0.500. The zero-order valence-electron chi connectivity index (χ0n) is 13.3. The molecule has 0 N–H and O–H groups in total. The van der Waals surface area contributed by atoms with Crippen LogP contribution in [0, 0.1) is 5.92 Å². The van der Waals surface area contributed by atoms with Gasteiger partial charge in [0.2, 0.25) is 0 Å². The Balaban J connectivity index is 1.77. The predicted octanol–water partition coefficient (Wildman–Crippen LogP) is 2.44. The minimum atomic E-state index is -0.0147. The molecule has 0 bridgehead atoms. The van der Waals surface area contributed by atoms with Gasteiger partial charge in [-0.1, -0.05) is 6.92 Å². The Morgan fingerprint density at radius 3 is 3.09 bits per heavy atom. The van der Waals surface area contributed by atoms with Crippen LogP contribution in [0.2, 0.25) is 0 Å². The van der Waals surface area contributed by atoms with Crippen molar-refractivity contribution < 1.29 is 0 Å². The monoisotopic (exact) mass is 329 g/mol. The van der Waals surface area contributed by atoms with Crippen LogP contribution in [0.1, 0.15) is 36.8 Å². The summed E-state index contributed by atoms with van der Waals surface area (Å²) in [5.74, 6) is 0.698. The fourth-order valence-electron chi connectivity index (χ4n) is 3.34. The minimum Gasteiger partial charge on any atom is -0.294 e. The maximum absolute atomic E-state index is 13.0. The summed E-state index contributed by atoms with van der Waals surface area (Å²) in [4.78, 5) is 23.7. The highest BCUT2D eigenvalue weighted by Crippen LogP contribution is 2.35. The molecule has 6 nitrogen and oxygen atoms in total. The first-order chi connectivity index (χ1) is 11.1. The van der Waals surface area contributed by atoms with E-state index in [-0.39, 0.29) is 11.6 Å². The average Bonchev–Trinajstić information content (AvgIpc) is 3.14. The molecule has 1 aliphatic rings. The first-order valence-electron chi connectivity index (χ1n) is 7.97. The largest absolute Gasteiger partial charge is 0.294 e. The second-order valence-corrected chi connectivity index (χ2v) is 7.54. The van der Waals surface area contributed by atoms with E-state index in [4.69, 9.17) is 0 Å². The predicted molar refractivity (Wildman–Crippen MR) is 89.8 cm³/mol. The Labute approximate surface area is 137 Å². The summed E-state index contributed by atoms with van der Waals surface area (Å²) < 4.78 is 3.47. The highest BCUT2D eigenvalue weighted by molar-refractivity contribution is 7.18. The summed E-state index contributed by atoms with van der Waals surface area (Å²) in [6, 6.07) is -0.0147. The van der Waals surface area contributed by atoms with Crippen molar-refractivity contribution in [3.8, 4) is 0 Å². The number of nitrogens with zero attached hydrogens (tertiary/aromatic N) is 5. The Morgan fingerprint density at radius 1 is 1.43 bits per heavy atom. The molecule has 120 valence electrons. The van der Waals surface area contributed by atoms with Gasteiger partial charge in [-0.25, -0.2) is 9.97 Å². The van der Waals surface area contributed by atoms with Crippen LogP contribution >= 0.6 is 11.3 Å². The quantitative estimate of drug-likeness (QED) is 0.740. The van der Waals surface area contributed by atoms with E-state index in [2.05, 4.69) is 22.0 Å². The zero-order chi connectivity index (χ0) is 16.0. The van der Waals surface area contributed by atoms with E-state index in [1.165, 1.54) is 16.8 Å². The fourth-order valence-corrected chi connectivity index (χ4v) is 4.68. The lowest BCUT2D eigenvalue weighted by Crippen LogP contribution is -2.27. The molecule has 3 aromatic heterocycles. The van der Waals surface area contributed by atoms with E-state index in [0.717, 1.165) is 29.5 Å². The normalized spacial score (nSPS) is 19.0. The van der Waals surface area contributed by atoms with Crippen LogP contribution in [-0.4, -0.2) is 24.3 Å². The highest BCUT2D eigenvalue weighted by atomic mass is 32.1. The summed E-state index contributed by atoms with van der Waals surface area (Å²) in [6.45, 7) is 4.90. The second-order valence-electron chi connectivity index (χ2n) is 6.46. The third-order valence-electron chi connectivity index (χ3n) is 4.63. The smallest absolute Gasteiger partial charge is 0.262 e. The van der Waals surface area contributed by atoms with Gasteiger partial charge in [0.25, 0.3) is 5.56 Å². The molecule has 0 saturated heterocycles. The average molecular weight is 329 g/mol. The van der Waals surface area contributed by atoms with Crippen molar-refractivity contribution in [2.24, 2.45) is 5.92 Å². The van der Waals surface area contributed by atoms with Crippen molar-refractivity contribution in [1.29, 1.82) is 0 Å². The maximum atomic E-state index is 13.0. The Morgan fingerprint density at radius 2 is 2.30 bits per heavy atom. The molecule has 1 aliphatic carbocycles. The molecule has 4 rings (SSSR count). The van der Waals surface area contributed by atoms with Gasteiger partial charge in [0.1, 0.15) is 17.5 Å². The van der Waals surface area contributed by atoms with Gasteiger partial charge in [-0.2, -0.15) is 5.10 Å². The molecule has 0 amide bonds. The van der Waals surface area contributed by atoms with E-state index in [0.29, 0.717) is 12.5 Å². The molecule has 0 aliphatic heterocycles. The van der Waals surface area contributed by atoms with E-state index < -0.39 is 0 Å². The van der Waals surface area contributed by atoms with Gasteiger partial charge in [0, 0.05) is 4.88 Å². The van der Waals surface area contributed by atoms with Gasteiger partial charge < -0.3 is 0 Å². The molecule has 0 radical (unpaired) electrons. The van der Waals surface area contributed by atoms with E-state index >= 15 is 0 Å². The molecule has 7 heteroatoms. The number of hydrogen-bond donors (Lipinski definition) is 0. The van der Waals surface area contributed by atoms with Gasteiger partial charge in [0.15, 0.2) is 0 Å². The standard InChI is InChI=1S/C16H19N5OS/c1-10-3-4-12-13(5-10)23-15-14(12)16(22)21(9-18-15)11(2)6-20-8-17-7-19-20/h7-11H,3-6H2,1-2H3/t10-,11+/m0/s1. The molecule has 0 fully saturated rings. The summed E-state index contributed by atoms with van der Waals surface area (Å²) in [6.07, 6.45) is 8.08. The van der Waals surface area contributed by atoms with Crippen molar-refractivity contribution >= 4 is 21.6 Å². The SMILES string of the molecule is C[C@H]1CCc2c(sc3ncn([C@H](C)Cn4cncn4)c(=O)c23)C1. The van der Waals surface area contributed by atoms with E-state index in [1.54, 1.807) is 33.2 Å². The van der Waals surface area contributed by atoms with Crippen LogP contribution in [0.5, 0.6) is 0 Å². The molecular formula is C16H19N5OS. The van der Waals surface area contributed by atoms with Crippen molar-refractivity contribution in [1.82, 2.24) is 24.3 Å². The number of rotatable bonds is 3. The van der Waals surface area contributed by atoms with Crippen LogP contribution in [0.4, 0.5) is 0 Å². The number of aryl methyl sites for hydroxylation is 1. The van der Waals surface area contributed by atoms with Crippen molar-refractivity contribution in [2.75, 3.05) is 0 Å². The Bertz CT molecular complexity index is 895. The second kappa shape index (κ2) is 5.56. The lowest BCUT2D eigenvalue weighted by molar-refractivity contribution is 0.425. The van der Waals surface area contributed by atoms with Crippen LogP contribution in [0.3, 0.4) is 0 Å². The Hall–Kier alpha value is -2.02. The van der Waals surface area contributed by atoms with Crippen LogP contribution in [0.25, 0.3) is 10.2 Å². The Kier molecular flexibility index (Phi) is 3.52. The molecule has 0 spiro atoms. The van der Waals surface area contributed by atoms with E-state index in [1.807, 2.05) is 6.92 Å². The number of fused-ring (bicyclic) bond motifs is 3. The summed E-state index contributed by atoms with van der Waals surface area (Å²) in [5, 5.41) is 4.95. The summed E-state index contributed by atoms with van der Waals surface area (Å²) in [7, 11) is 0. The minimum absolute atomic E-state index is 0.0147. The molecular weight excluding hydrogens is 310 g/mol. The topological polar surface area (TPSA) is 65.6 Å². The van der Waals surface area contributed by atoms with Crippen molar-refractivity contribution in [3.05, 3.63) is 39.8 Å². The lowest BCUT2D eigenvalue weighted by atomic mass is 9.89. The van der Waals surface area contributed by atoms with Gasteiger partial charge in [-0.15, -0.1) is 11.3 Å². The molecule has 23 heavy (non-hydrogen) atoms. The molecule has 0 aromatic carbocycles. The number of thiophene rings is 1. The third-order valence-corrected chi connectivity index (χ3v) is 5.80. The van der Waals surface area contributed by atoms with E-state index in [9.17, 15) is 4.79 Å². The first-order valence-corrected chi connectivity index (χ1v) is 8.79. The molecule has 0 saturated carbocycles. The zero-order valence-corrected chi connectivity index (χ0v) is 14.1. The molecule has 2 atom stereocenters. The van der Waals surface area contributed by atoms with Crippen molar-refractivity contribution in [3.63, 3.8) is 0 Å². The molecule has 3 heterocycles. The highest BCUT2D eigenvalue weighted by Gasteiger charge is 2.23. The maximum Gasteiger partial charge on any atom is 0.262 e. The van der Waals surface area contributed by atoms with Gasteiger partial charge in [0.05, 0.1) is 24.3 Å². The van der Waals surface area contributed by atoms with Gasteiger partial charge in [-0.05, 0) is 37.7 Å². The summed E-state index contributed by atoms with van der Waals surface area (Å²) in [5.41, 5.74) is 1.32.